The molecule has 24 heavy (non-hydrogen) atoms. The lowest BCUT2D eigenvalue weighted by molar-refractivity contribution is -0.138. The number of esters is 1. The van der Waals surface area contributed by atoms with Crippen LogP contribution in [0.1, 0.15) is 0 Å². The third-order valence-electron chi connectivity index (χ3n) is 3.24. The van der Waals surface area contributed by atoms with E-state index in [1.54, 1.807) is 18.2 Å². The molecule has 0 saturated heterocycles. The first kappa shape index (κ1) is 18.1. The number of hydrogen-bond donors (Lipinski definition) is 0. The zero-order valence-electron chi connectivity index (χ0n) is 13.1. The van der Waals surface area contributed by atoms with Crippen LogP contribution in [0.15, 0.2) is 53.4 Å². The molecule has 0 N–H and O–H groups in total. The minimum absolute atomic E-state index is 0.0205. The normalized spacial score (nSPS) is 11.0. The van der Waals surface area contributed by atoms with E-state index < -0.39 is 22.5 Å². The molecule has 0 heterocycles. The molecule has 0 amide bonds. The Hall–Kier alpha value is -2.25. The highest BCUT2D eigenvalue weighted by Gasteiger charge is 2.27. The maximum atomic E-state index is 12.9. The first-order valence-corrected chi connectivity index (χ1v) is 8.69. The van der Waals surface area contributed by atoms with Crippen LogP contribution in [0.5, 0.6) is 5.75 Å². The van der Waals surface area contributed by atoms with Crippen LogP contribution in [0, 0.1) is 0 Å². The van der Waals surface area contributed by atoms with E-state index in [9.17, 15) is 13.2 Å². The summed E-state index contributed by atoms with van der Waals surface area (Å²) >= 11 is 5.94. The molecule has 0 aliphatic heterocycles. The Balaban J connectivity index is 2.49. The Kier molecular flexibility index (Phi) is 5.69. The van der Waals surface area contributed by atoms with Gasteiger partial charge in [0.25, 0.3) is 10.0 Å². The van der Waals surface area contributed by atoms with Crippen molar-refractivity contribution in [3.63, 3.8) is 0 Å². The molecule has 2 rings (SSSR count). The van der Waals surface area contributed by atoms with Crippen LogP contribution in [0.3, 0.4) is 0 Å². The lowest BCUT2D eigenvalue weighted by Crippen LogP contribution is -2.36. The minimum Gasteiger partial charge on any atom is -0.497 e. The van der Waals surface area contributed by atoms with E-state index in [1.165, 1.54) is 44.6 Å². The van der Waals surface area contributed by atoms with Crippen LogP contribution in [-0.4, -0.2) is 35.2 Å². The van der Waals surface area contributed by atoms with Crippen molar-refractivity contribution in [3.8, 4) is 5.75 Å². The number of rotatable bonds is 6. The van der Waals surface area contributed by atoms with Crippen molar-refractivity contribution in [1.29, 1.82) is 0 Å². The summed E-state index contributed by atoms with van der Waals surface area (Å²) in [4.78, 5) is 11.7. The quantitative estimate of drug-likeness (QED) is 0.732. The van der Waals surface area contributed by atoms with Gasteiger partial charge in [-0.1, -0.05) is 17.7 Å². The monoisotopic (exact) mass is 369 g/mol. The van der Waals surface area contributed by atoms with Crippen LogP contribution in [-0.2, 0) is 19.6 Å². The van der Waals surface area contributed by atoms with E-state index in [2.05, 4.69) is 4.74 Å². The molecule has 2 aromatic carbocycles. The third-order valence-corrected chi connectivity index (χ3v) is 5.27. The van der Waals surface area contributed by atoms with Crippen molar-refractivity contribution in [1.82, 2.24) is 0 Å². The first-order valence-electron chi connectivity index (χ1n) is 6.87. The van der Waals surface area contributed by atoms with Crippen molar-refractivity contribution in [3.05, 3.63) is 53.6 Å². The molecule has 0 spiro atoms. The standard InChI is InChI=1S/C16H16ClNO5S/c1-22-14-6-8-15(9-7-14)24(20,21)18(11-16(19)23-2)13-5-3-4-12(17)10-13/h3-10H,11H2,1-2H3. The molecule has 8 heteroatoms. The number of sulfonamides is 1. The fraction of sp³-hybridized carbons (Fsp3) is 0.188. The van der Waals surface area contributed by atoms with Crippen LogP contribution in [0.2, 0.25) is 5.02 Å². The number of hydrogen-bond acceptors (Lipinski definition) is 5. The molecule has 128 valence electrons. The fourth-order valence-corrected chi connectivity index (χ4v) is 3.59. The molecule has 0 radical (unpaired) electrons. The molecule has 0 atom stereocenters. The number of methoxy groups -OCH3 is 2. The Morgan fingerprint density at radius 1 is 1.12 bits per heavy atom. The molecule has 0 bridgehead atoms. The predicted molar refractivity (Wildman–Crippen MR) is 91.0 cm³/mol. The van der Waals surface area contributed by atoms with Crippen LogP contribution in [0.25, 0.3) is 0 Å². The van der Waals surface area contributed by atoms with E-state index >= 15 is 0 Å². The molecule has 0 aromatic heterocycles. The maximum absolute atomic E-state index is 12.9. The van der Waals surface area contributed by atoms with E-state index in [4.69, 9.17) is 16.3 Å². The number of carbonyl (C=O) groups is 1. The second-order valence-corrected chi connectivity index (χ2v) is 7.04. The molecule has 0 fully saturated rings. The number of nitrogens with zero attached hydrogens (tertiary/aromatic N) is 1. The van der Waals surface area contributed by atoms with Gasteiger partial charge in [0.1, 0.15) is 12.3 Å². The number of carbonyl (C=O) groups excluding carboxylic acids is 1. The smallest absolute Gasteiger partial charge is 0.326 e. The van der Waals surface area contributed by atoms with Crippen molar-refractivity contribution in [2.24, 2.45) is 0 Å². The van der Waals surface area contributed by atoms with Gasteiger partial charge in [0, 0.05) is 5.02 Å². The lowest BCUT2D eigenvalue weighted by Gasteiger charge is -2.23. The summed E-state index contributed by atoms with van der Waals surface area (Å²) in [6, 6.07) is 12.1. The largest absolute Gasteiger partial charge is 0.497 e. The van der Waals surface area contributed by atoms with Gasteiger partial charge in [0.15, 0.2) is 0 Å². The van der Waals surface area contributed by atoms with Gasteiger partial charge in [-0.25, -0.2) is 8.42 Å². The first-order chi connectivity index (χ1) is 11.4. The summed E-state index contributed by atoms with van der Waals surface area (Å²) < 4.78 is 36.4. The maximum Gasteiger partial charge on any atom is 0.326 e. The van der Waals surface area contributed by atoms with Gasteiger partial charge >= 0.3 is 5.97 Å². The number of ether oxygens (including phenoxy) is 2. The van der Waals surface area contributed by atoms with Gasteiger partial charge in [0.2, 0.25) is 0 Å². The summed E-state index contributed by atoms with van der Waals surface area (Å²) in [5.74, 6) is -0.164. The molecule has 2 aromatic rings. The second-order valence-electron chi connectivity index (χ2n) is 4.74. The highest BCUT2D eigenvalue weighted by atomic mass is 35.5. The second kappa shape index (κ2) is 7.55. The summed E-state index contributed by atoms with van der Waals surface area (Å²) in [5, 5.41) is 0.354. The number of benzene rings is 2. The van der Waals surface area contributed by atoms with Crippen molar-refractivity contribution >= 4 is 33.3 Å². The molecule has 6 nitrogen and oxygen atoms in total. The zero-order valence-corrected chi connectivity index (χ0v) is 14.7. The molecule has 0 unspecified atom stereocenters. The van der Waals surface area contributed by atoms with Crippen molar-refractivity contribution in [2.75, 3.05) is 25.1 Å². The van der Waals surface area contributed by atoms with Gasteiger partial charge in [-0.05, 0) is 42.5 Å². The predicted octanol–water partition coefficient (Wildman–Crippen LogP) is 2.72. The van der Waals surface area contributed by atoms with Crippen LogP contribution < -0.4 is 9.04 Å². The lowest BCUT2D eigenvalue weighted by atomic mass is 10.3. The summed E-state index contributed by atoms with van der Waals surface area (Å²) in [6.45, 7) is -0.467. The SMILES string of the molecule is COC(=O)CN(c1cccc(Cl)c1)S(=O)(=O)c1ccc(OC)cc1. The summed E-state index contributed by atoms with van der Waals surface area (Å²) in [5.41, 5.74) is 0.267. The molecule has 0 saturated carbocycles. The van der Waals surface area contributed by atoms with Crippen LogP contribution in [0.4, 0.5) is 5.69 Å². The Labute approximate surface area is 145 Å². The Morgan fingerprint density at radius 2 is 1.79 bits per heavy atom. The fourth-order valence-electron chi connectivity index (χ4n) is 2.00. The molecule has 0 aliphatic carbocycles. The van der Waals surface area contributed by atoms with E-state index in [-0.39, 0.29) is 10.6 Å². The van der Waals surface area contributed by atoms with E-state index in [0.29, 0.717) is 10.8 Å². The third kappa shape index (κ3) is 3.98. The molecule has 0 aliphatic rings. The molecular formula is C16H16ClNO5S. The van der Waals surface area contributed by atoms with Gasteiger partial charge in [-0.3, -0.25) is 9.10 Å². The van der Waals surface area contributed by atoms with E-state index in [0.717, 1.165) is 4.31 Å². The topological polar surface area (TPSA) is 72.9 Å². The van der Waals surface area contributed by atoms with Crippen molar-refractivity contribution in [2.45, 2.75) is 4.90 Å². The average molecular weight is 370 g/mol. The van der Waals surface area contributed by atoms with E-state index in [1.807, 2.05) is 0 Å². The van der Waals surface area contributed by atoms with Crippen LogP contribution >= 0.6 is 11.6 Å². The average Bonchev–Trinajstić information content (AvgIpc) is 2.59. The van der Waals surface area contributed by atoms with Gasteiger partial charge in [0.05, 0.1) is 24.8 Å². The zero-order chi connectivity index (χ0) is 17.7. The molecular weight excluding hydrogens is 354 g/mol. The summed E-state index contributed by atoms with van der Waals surface area (Å²) in [7, 11) is -1.30. The Bertz CT molecular complexity index is 821. The van der Waals surface area contributed by atoms with Gasteiger partial charge in [-0.15, -0.1) is 0 Å². The van der Waals surface area contributed by atoms with Crippen molar-refractivity contribution < 1.29 is 22.7 Å². The highest BCUT2D eigenvalue weighted by molar-refractivity contribution is 7.92. The minimum atomic E-state index is -3.98. The highest BCUT2D eigenvalue weighted by Crippen LogP contribution is 2.27. The van der Waals surface area contributed by atoms with Gasteiger partial charge < -0.3 is 9.47 Å². The number of anilines is 1. The van der Waals surface area contributed by atoms with Gasteiger partial charge in [-0.2, -0.15) is 0 Å². The number of halogens is 1. The summed E-state index contributed by atoms with van der Waals surface area (Å²) in [6.07, 6.45) is 0. The Morgan fingerprint density at radius 3 is 2.33 bits per heavy atom.